The van der Waals surface area contributed by atoms with Gasteiger partial charge in [0, 0.05) is 11.0 Å². The molecule has 2 N–H and O–H groups in total. The largest absolute Gasteiger partial charge is 0.355 e. The molecule has 36 heavy (non-hydrogen) atoms. The van der Waals surface area contributed by atoms with Gasteiger partial charge in [0.2, 0.25) is 0 Å². The van der Waals surface area contributed by atoms with Gasteiger partial charge in [0.1, 0.15) is 25.2 Å². The van der Waals surface area contributed by atoms with Crippen LogP contribution < -0.4 is 9.13 Å². The summed E-state index contributed by atoms with van der Waals surface area (Å²) in [5.41, 5.74) is 9.95. The minimum atomic E-state index is 0.914. The van der Waals surface area contributed by atoms with E-state index >= 15 is 0 Å². The summed E-state index contributed by atoms with van der Waals surface area (Å²) < 4.78 is 4.29. The van der Waals surface area contributed by atoms with Gasteiger partial charge < -0.3 is 9.97 Å². The van der Waals surface area contributed by atoms with Gasteiger partial charge in [0.25, 0.3) is 10.0 Å². The fraction of sp³-hybridized carbons (Fsp3) is 0.0714. The number of hydrogen-bond acceptors (Lipinski definition) is 4. The van der Waals surface area contributed by atoms with Crippen molar-refractivity contribution in [3.05, 3.63) is 82.3 Å². The molecule has 7 heterocycles. The van der Waals surface area contributed by atoms with E-state index in [0.29, 0.717) is 0 Å². The Morgan fingerprint density at radius 1 is 0.639 bits per heavy atom. The van der Waals surface area contributed by atoms with Crippen molar-refractivity contribution in [2.24, 2.45) is 14.1 Å². The Balaban J connectivity index is 1.60. The maximum Gasteiger partial charge on any atom is 0.273 e. The standard InChI is InChI=1S/C28H21N6S2/c1-33-11-13-35-27(33)25-21-7-3-17(29-21)15-19-5-9-23(31-19)26(28-34(2)12-14-36-28)24-10-6-20(32-24)16-18-4-8-22(25)30-18/h3-16H,1-2H3,(H,29,30,31,32)/q+1/p+1. The second kappa shape index (κ2) is 8.22. The number of nitrogens with one attached hydrogen (secondary N) is 2. The average Bonchev–Trinajstić information content (AvgIpc) is 3.68. The SMILES string of the molecule is C[n+]1ccsc1-c1c2nc(cc3ccc([nH]3)c(-c3scc[n+]3C)c3nc(cc4ccc1[nH]4)C=C3)C=C2. The van der Waals surface area contributed by atoms with Crippen molar-refractivity contribution in [1.29, 1.82) is 0 Å². The summed E-state index contributed by atoms with van der Waals surface area (Å²) in [5.74, 6) is 0. The number of hydrogen-bond donors (Lipinski definition) is 2. The zero-order chi connectivity index (χ0) is 24.2. The molecular weight excluding hydrogens is 484 g/mol. The van der Waals surface area contributed by atoms with Gasteiger partial charge in [-0.15, -0.1) is 0 Å². The summed E-state index contributed by atoms with van der Waals surface area (Å²) in [6.45, 7) is 0. The Morgan fingerprint density at radius 3 is 1.53 bits per heavy atom. The quantitative estimate of drug-likeness (QED) is 0.293. The molecule has 0 aliphatic carbocycles. The van der Waals surface area contributed by atoms with Gasteiger partial charge >= 0.3 is 0 Å². The Bertz CT molecular complexity index is 1740. The molecule has 0 spiro atoms. The van der Waals surface area contributed by atoms with E-state index in [0.717, 1.165) is 66.0 Å². The monoisotopic (exact) mass is 506 g/mol. The number of aromatic amines is 2. The number of H-pyrrole nitrogens is 2. The van der Waals surface area contributed by atoms with Crippen LogP contribution in [0.15, 0.2) is 59.6 Å². The van der Waals surface area contributed by atoms with Gasteiger partial charge in [-0.05, 0) is 60.7 Å². The maximum absolute atomic E-state index is 5.01. The molecule has 0 amide bonds. The van der Waals surface area contributed by atoms with Gasteiger partial charge in [-0.25, -0.2) is 9.97 Å². The van der Waals surface area contributed by atoms with Crippen molar-refractivity contribution >= 4 is 69.0 Å². The Labute approximate surface area is 215 Å². The van der Waals surface area contributed by atoms with Gasteiger partial charge in [-0.2, -0.15) is 9.13 Å². The van der Waals surface area contributed by atoms with Gasteiger partial charge in [0.15, 0.2) is 12.4 Å². The lowest BCUT2D eigenvalue weighted by molar-refractivity contribution is -0.656. The molecule has 0 unspecified atom stereocenters. The van der Waals surface area contributed by atoms with E-state index in [1.165, 1.54) is 0 Å². The lowest BCUT2D eigenvalue weighted by Crippen LogP contribution is -2.26. The summed E-state index contributed by atoms with van der Waals surface area (Å²) >= 11 is 3.42. The highest BCUT2D eigenvalue weighted by Crippen LogP contribution is 2.32. The predicted molar refractivity (Wildman–Crippen MR) is 148 cm³/mol. The van der Waals surface area contributed by atoms with E-state index in [1.807, 2.05) is 0 Å². The second-order valence-electron chi connectivity index (χ2n) is 8.84. The summed E-state index contributed by atoms with van der Waals surface area (Å²) in [6.07, 6.45) is 12.5. The molecule has 0 fully saturated rings. The van der Waals surface area contributed by atoms with Crippen LogP contribution in [0.25, 0.3) is 67.5 Å². The van der Waals surface area contributed by atoms with Crippen molar-refractivity contribution < 1.29 is 9.13 Å². The van der Waals surface area contributed by atoms with Crippen molar-refractivity contribution in [3.63, 3.8) is 0 Å². The third kappa shape index (κ3) is 3.54. The van der Waals surface area contributed by atoms with Gasteiger partial charge in [-0.1, -0.05) is 22.7 Å². The summed E-state index contributed by atoms with van der Waals surface area (Å²) in [5, 5.41) is 6.50. The van der Waals surface area contributed by atoms with Crippen molar-refractivity contribution in [2.75, 3.05) is 0 Å². The number of rotatable bonds is 2. The van der Waals surface area contributed by atoms with Crippen LogP contribution in [0, 0.1) is 0 Å². The molecule has 2 aliphatic rings. The van der Waals surface area contributed by atoms with Crippen molar-refractivity contribution in [1.82, 2.24) is 19.9 Å². The number of nitrogens with zero attached hydrogens (tertiary/aromatic N) is 4. The van der Waals surface area contributed by atoms with Crippen LogP contribution in [0.3, 0.4) is 0 Å². The molecular formula is C28H22N6S2+2. The minimum Gasteiger partial charge on any atom is -0.355 e. The number of aromatic nitrogens is 6. The molecule has 0 atom stereocenters. The molecule has 8 bridgehead atoms. The average molecular weight is 507 g/mol. The number of aryl methyl sites for hydroxylation is 2. The Morgan fingerprint density at radius 2 is 1.11 bits per heavy atom. The molecule has 6 nitrogen and oxygen atoms in total. The van der Waals surface area contributed by atoms with Crippen molar-refractivity contribution in [2.45, 2.75) is 0 Å². The Hall–Kier alpha value is -4.14. The van der Waals surface area contributed by atoms with Gasteiger partial charge in [-0.3, -0.25) is 0 Å². The normalized spacial score (nSPS) is 12.5. The highest BCUT2D eigenvalue weighted by Gasteiger charge is 2.21. The van der Waals surface area contributed by atoms with E-state index < -0.39 is 0 Å². The lowest BCUT2D eigenvalue weighted by Gasteiger charge is -1.98. The molecule has 7 rings (SSSR count). The van der Waals surface area contributed by atoms with E-state index in [1.54, 1.807) is 22.7 Å². The molecule has 0 saturated heterocycles. The molecule has 5 aromatic rings. The Kier molecular flexibility index (Phi) is 4.83. The van der Waals surface area contributed by atoms with Crippen LogP contribution in [0.2, 0.25) is 0 Å². The first kappa shape index (κ1) is 21.2. The molecule has 0 radical (unpaired) electrons. The first-order chi connectivity index (χ1) is 17.6. The van der Waals surface area contributed by atoms with Crippen LogP contribution >= 0.6 is 22.7 Å². The highest BCUT2D eigenvalue weighted by molar-refractivity contribution is 7.13. The van der Waals surface area contributed by atoms with Crippen LogP contribution in [-0.4, -0.2) is 19.9 Å². The summed E-state index contributed by atoms with van der Waals surface area (Å²) in [6, 6.07) is 12.6. The van der Waals surface area contributed by atoms with Gasteiger partial charge in [0.05, 0.1) is 44.6 Å². The van der Waals surface area contributed by atoms with Crippen molar-refractivity contribution in [3.8, 4) is 21.1 Å². The second-order valence-corrected chi connectivity index (χ2v) is 10.6. The summed E-state index contributed by atoms with van der Waals surface area (Å²) in [4.78, 5) is 17.2. The van der Waals surface area contributed by atoms with E-state index in [9.17, 15) is 0 Å². The van der Waals surface area contributed by atoms with Crippen LogP contribution in [0.1, 0.15) is 22.8 Å². The molecule has 0 aromatic carbocycles. The minimum absolute atomic E-state index is 0.914. The molecule has 8 heteroatoms. The summed E-state index contributed by atoms with van der Waals surface area (Å²) in [7, 11) is 4.14. The third-order valence-electron chi connectivity index (χ3n) is 6.39. The van der Waals surface area contributed by atoms with Crippen LogP contribution in [-0.2, 0) is 14.1 Å². The van der Waals surface area contributed by atoms with Crippen LogP contribution in [0.5, 0.6) is 0 Å². The first-order valence-corrected chi connectivity index (χ1v) is 13.4. The first-order valence-electron chi connectivity index (χ1n) is 11.6. The molecule has 174 valence electrons. The maximum atomic E-state index is 5.01. The molecule has 0 saturated carbocycles. The topological polar surface area (TPSA) is 65.1 Å². The smallest absolute Gasteiger partial charge is 0.273 e. The molecule has 2 aliphatic heterocycles. The zero-order valence-electron chi connectivity index (χ0n) is 19.7. The van der Waals surface area contributed by atoms with E-state index in [-0.39, 0.29) is 0 Å². The number of thiazole rings is 2. The fourth-order valence-corrected chi connectivity index (χ4v) is 6.53. The molecule has 5 aromatic heterocycles. The van der Waals surface area contributed by atoms with E-state index in [4.69, 9.17) is 9.97 Å². The zero-order valence-corrected chi connectivity index (χ0v) is 21.3. The predicted octanol–water partition coefficient (Wildman–Crippen LogP) is 5.76. The number of fused-ring (bicyclic) bond motifs is 8. The highest BCUT2D eigenvalue weighted by atomic mass is 32.1. The van der Waals surface area contributed by atoms with E-state index in [2.05, 4.69) is 117 Å². The third-order valence-corrected chi connectivity index (χ3v) is 8.34. The van der Waals surface area contributed by atoms with Crippen LogP contribution in [0.4, 0.5) is 0 Å². The lowest BCUT2D eigenvalue weighted by atomic mass is 10.2. The fourth-order valence-electron chi connectivity index (χ4n) is 4.67.